The number of ether oxygens (including phenoxy) is 4. The predicted octanol–water partition coefficient (Wildman–Crippen LogP) is 2.60. The molecule has 0 saturated carbocycles. The van der Waals surface area contributed by atoms with Crippen molar-refractivity contribution in [2.75, 3.05) is 6.61 Å². The van der Waals surface area contributed by atoms with Crippen LogP contribution in [0, 0.1) is 5.92 Å². The maximum atomic E-state index is 13.4. The SMILES string of the molecule is CC1(C)OC2OC(COC(=O)c3ccccc3)C(C(F)F)C2O1. The summed E-state index contributed by atoms with van der Waals surface area (Å²) in [6.07, 6.45) is -5.37. The van der Waals surface area contributed by atoms with Crippen LogP contribution in [-0.4, -0.2) is 43.3 Å². The van der Waals surface area contributed by atoms with E-state index < -0.39 is 42.6 Å². The van der Waals surface area contributed by atoms with Gasteiger partial charge in [-0.1, -0.05) is 18.2 Å². The molecule has 0 amide bonds. The van der Waals surface area contributed by atoms with Crippen molar-refractivity contribution < 1.29 is 32.5 Å². The van der Waals surface area contributed by atoms with E-state index in [0.29, 0.717) is 5.56 Å². The highest BCUT2D eigenvalue weighted by atomic mass is 19.3. The minimum atomic E-state index is -2.66. The molecule has 2 saturated heterocycles. The summed E-state index contributed by atoms with van der Waals surface area (Å²) in [5.41, 5.74) is 0.355. The molecule has 4 atom stereocenters. The highest BCUT2D eigenvalue weighted by molar-refractivity contribution is 5.89. The number of carbonyl (C=O) groups is 1. The summed E-state index contributed by atoms with van der Waals surface area (Å²) in [5, 5.41) is 0. The average molecular weight is 328 g/mol. The van der Waals surface area contributed by atoms with Crippen molar-refractivity contribution in [3.8, 4) is 0 Å². The van der Waals surface area contributed by atoms with Gasteiger partial charge in [0.05, 0.1) is 11.5 Å². The first-order valence-corrected chi connectivity index (χ1v) is 7.39. The van der Waals surface area contributed by atoms with Crippen LogP contribution in [0.25, 0.3) is 0 Å². The molecule has 2 aliphatic heterocycles. The van der Waals surface area contributed by atoms with Gasteiger partial charge in [-0.2, -0.15) is 0 Å². The highest BCUT2D eigenvalue weighted by Gasteiger charge is 2.57. The molecule has 4 unspecified atom stereocenters. The number of carbonyl (C=O) groups excluding carboxylic acids is 1. The summed E-state index contributed by atoms with van der Waals surface area (Å²) in [5.74, 6) is -2.75. The fourth-order valence-electron chi connectivity index (χ4n) is 2.87. The first-order chi connectivity index (χ1) is 10.9. The van der Waals surface area contributed by atoms with Gasteiger partial charge in [0.25, 0.3) is 0 Å². The van der Waals surface area contributed by atoms with Crippen molar-refractivity contribution in [3.05, 3.63) is 35.9 Å². The fourth-order valence-corrected chi connectivity index (χ4v) is 2.87. The standard InChI is InChI=1S/C16H18F2O5/c1-16(2)22-12-11(13(17)18)10(21-15(12)23-16)8-20-14(19)9-6-4-3-5-7-9/h3-7,10-13,15H,8H2,1-2H3. The van der Waals surface area contributed by atoms with E-state index in [1.165, 1.54) is 0 Å². The maximum absolute atomic E-state index is 13.4. The monoisotopic (exact) mass is 328 g/mol. The topological polar surface area (TPSA) is 54.0 Å². The van der Waals surface area contributed by atoms with Crippen LogP contribution >= 0.6 is 0 Å². The molecule has 2 heterocycles. The first-order valence-electron chi connectivity index (χ1n) is 7.39. The number of halogens is 2. The molecule has 0 bridgehead atoms. The number of benzene rings is 1. The summed E-state index contributed by atoms with van der Waals surface area (Å²) >= 11 is 0. The molecule has 2 fully saturated rings. The minimum absolute atomic E-state index is 0.275. The first kappa shape index (κ1) is 16.3. The Bertz CT molecular complexity index is 563. The van der Waals surface area contributed by atoms with Crippen LogP contribution in [-0.2, 0) is 18.9 Å². The second-order valence-electron chi connectivity index (χ2n) is 6.02. The molecular weight excluding hydrogens is 310 g/mol. The highest BCUT2D eigenvalue weighted by Crippen LogP contribution is 2.43. The quantitative estimate of drug-likeness (QED) is 0.795. The predicted molar refractivity (Wildman–Crippen MR) is 74.9 cm³/mol. The summed E-state index contributed by atoms with van der Waals surface area (Å²) < 4.78 is 48.3. The third-order valence-electron chi connectivity index (χ3n) is 3.88. The summed E-state index contributed by atoms with van der Waals surface area (Å²) in [6, 6.07) is 8.33. The van der Waals surface area contributed by atoms with Crippen molar-refractivity contribution >= 4 is 5.97 Å². The van der Waals surface area contributed by atoms with Crippen LogP contribution in [0.1, 0.15) is 24.2 Å². The Morgan fingerprint density at radius 2 is 1.96 bits per heavy atom. The third-order valence-corrected chi connectivity index (χ3v) is 3.88. The van der Waals surface area contributed by atoms with Crippen LogP contribution in [0.5, 0.6) is 0 Å². The Balaban J connectivity index is 1.63. The van der Waals surface area contributed by atoms with Gasteiger partial charge in [-0.05, 0) is 26.0 Å². The van der Waals surface area contributed by atoms with E-state index in [2.05, 4.69) is 0 Å². The van der Waals surface area contributed by atoms with E-state index in [1.807, 2.05) is 0 Å². The van der Waals surface area contributed by atoms with E-state index in [9.17, 15) is 13.6 Å². The molecule has 0 spiro atoms. The number of hydrogen-bond donors (Lipinski definition) is 0. The van der Waals surface area contributed by atoms with Gasteiger partial charge in [0.1, 0.15) is 18.8 Å². The Kier molecular flexibility index (Phi) is 4.35. The Morgan fingerprint density at radius 3 is 2.61 bits per heavy atom. The van der Waals surface area contributed by atoms with E-state index >= 15 is 0 Å². The zero-order valence-corrected chi connectivity index (χ0v) is 12.8. The van der Waals surface area contributed by atoms with E-state index in [1.54, 1.807) is 44.2 Å². The number of alkyl halides is 2. The molecule has 5 nitrogen and oxygen atoms in total. The van der Waals surface area contributed by atoms with Gasteiger partial charge in [0.15, 0.2) is 12.1 Å². The van der Waals surface area contributed by atoms with E-state index in [0.717, 1.165) is 0 Å². The molecule has 126 valence electrons. The van der Waals surface area contributed by atoms with Gasteiger partial charge < -0.3 is 18.9 Å². The lowest BCUT2D eigenvalue weighted by atomic mass is 9.99. The lowest BCUT2D eigenvalue weighted by Gasteiger charge is -2.25. The molecule has 0 aliphatic carbocycles. The Hall–Kier alpha value is -1.57. The average Bonchev–Trinajstić information content (AvgIpc) is 2.96. The van der Waals surface area contributed by atoms with Crippen molar-refractivity contribution in [3.63, 3.8) is 0 Å². The second-order valence-corrected chi connectivity index (χ2v) is 6.02. The third kappa shape index (κ3) is 3.36. The van der Waals surface area contributed by atoms with Crippen LogP contribution in [0.3, 0.4) is 0 Å². The molecule has 23 heavy (non-hydrogen) atoms. The second kappa shape index (κ2) is 6.14. The van der Waals surface area contributed by atoms with Gasteiger partial charge in [0.2, 0.25) is 6.43 Å². The summed E-state index contributed by atoms with van der Waals surface area (Å²) in [6.45, 7) is 3.01. The number of rotatable bonds is 4. The number of hydrogen-bond acceptors (Lipinski definition) is 5. The summed E-state index contributed by atoms with van der Waals surface area (Å²) in [7, 11) is 0. The molecule has 7 heteroatoms. The number of fused-ring (bicyclic) bond motifs is 1. The van der Waals surface area contributed by atoms with Crippen molar-refractivity contribution in [1.82, 2.24) is 0 Å². The molecule has 0 radical (unpaired) electrons. The lowest BCUT2D eigenvalue weighted by molar-refractivity contribution is -0.218. The Labute approximate surface area is 132 Å². The van der Waals surface area contributed by atoms with E-state index in [4.69, 9.17) is 18.9 Å². The van der Waals surface area contributed by atoms with Crippen molar-refractivity contribution in [2.45, 2.75) is 44.6 Å². The normalized spacial score (nSPS) is 32.0. The van der Waals surface area contributed by atoms with Gasteiger partial charge in [-0.15, -0.1) is 0 Å². The van der Waals surface area contributed by atoms with Gasteiger partial charge >= 0.3 is 5.97 Å². The molecule has 0 N–H and O–H groups in total. The molecule has 2 aliphatic rings. The van der Waals surface area contributed by atoms with Crippen LogP contribution in [0.15, 0.2) is 30.3 Å². The van der Waals surface area contributed by atoms with E-state index in [-0.39, 0.29) is 6.61 Å². The zero-order valence-electron chi connectivity index (χ0n) is 12.8. The smallest absolute Gasteiger partial charge is 0.338 e. The maximum Gasteiger partial charge on any atom is 0.338 e. The van der Waals surface area contributed by atoms with Crippen molar-refractivity contribution in [2.24, 2.45) is 5.92 Å². The van der Waals surface area contributed by atoms with Crippen LogP contribution < -0.4 is 0 Å². The molecule has 1 aromatic carbocycles. The van der Waals surface area contributed by atoms with Gasteiger partial charge in [-0.3, -0.25) is 0 Å². The molecule has 1 aromatic rings. The van der Waals surface area contributed by atoms with Gasteiger partial charge in [0, 0.05) is 0 Å². The Morgan fingerprint density at radius 1 is 1.26 bits per heavy atom. The minimum Gasteiger partial charge on any atom is -0.459 e. The fraction of sp³-hybridized carbons (Fsp3) is 0.562. The van der Waals surface area contributed by atoms with Crippen LogP contribution in [0.4, 0.5) is 8.78 Å². The molecule has 3 rings (SSSR count). The van der Waals surface area contributed by atoms with Gasteiger partial charge in [-0.25, -0.2) is 13.6 Å². The van der Waals surface area contributed by atoms with Crippen LogP contribution in [0.2, 0.25) is 0 Å². The largest absolute Gasteiger partial charge is 0.459 e. The summed E-state index contributed by atoms with van der Waals surface area (Å²) in [4.78, 5) is 11.9. The molecular formula is C16H18F2O5. The lowest BCUT2D eigenvalue weighted by Crippen LogP contribution is -2.37. The number of esters is 1. The zero-order chi connectivity index (χ0) is 16.6. The molecule has 0 aromatic heterocycles. The van der Waals surface area contributed by atoms with Crippen molar-refractivity contribution in [1.29, 1.82) is 0 Å².